The minimum atomic E-state index is -0.0353. The fourth-order valence-electron chi connectivity index (χ4n) is 4.90. The Bertz CT molecular complexity index is 992. The summed E-state index contributed by atoms with van der Waals surface area (Å²) in [6.07, 6.45) is 7.49. The maximum atomic E-state index is 13.0. The Morgan fingerprint density at radius 3 is 2.53 bits per heavy atom. The molecular weight excluding hydrogens is 404 g/mol. The Balaban J connectivity index is 1.75. The first kappa shape index (κ1) is 22.1. The SMILES string of the molecule is CCCCNC(=O)c1cccc2c1NC(c1cc(OC)c(OC)c(OC)c1)C1CC=CC21. The molecule has 2 aromatic carbocycles. The molecule has 0 aromatic heterocycles. The van der Waals surface area contributed by atoms with Gasteiger partial charge in [0.25, 0.3) is 5.91 Å². The van der Waals surface area contributed by atoms with Gasteiger partial charge in [-0.15, -0.1) is 0 Å². The van der Waals surface area contributed by atoms with E-state index in [1.54, 1.807) is 21.3 Å². The van der Waals surface area contributed by atoms with Crippen molar-refractivity contribution in [2.24, 2.45) is 5.92 Å². The van der Waals surface area contributed by atoms with Gasteiger partial charge in [0, 0.05) is 12.5 Å². The predicted molar refractivity (Wildman–Crippen MR) is 126 cm³/mol. The minimum absolute atomic E-state index is 0.000739. The highest BCUT2D eigenvalue weighted by molar-refractivity contribution is 6.00. The number of allylic oxidation sites excluding steroid dienone is 2. The van der Waals surface area contributed by atoms with Crippen molar-refractivity contribution in [2.45, 2.75) is 38.1 Å². The van der Waals surface area contributed by atoms with Gasteiger partial charge in [0.05, 0.1) is 38.6 Å². The highest BCUT2D eigenvalue weighted by atomic mass is 16.5. The highest BCUT2D eigenvalue weighted by Crippen LogP contribution is 2.52. The zero-order valence-electron chi connectivity index (χ0n) is 19.2. The van der Waals surface area contributed by atoms with Crippen molar-refractivity contribution in [2.75, 3.05) is 33.2 Å². The number of nitrogens with one attached hydrogen (secondary N) is 2. The van der Waals surface area contributed by atoms with Crippen LogP contribution in [0.5, 0.6) is 17.2 Å². The van der Waals surface area contributed by atoms with Gasteiger partial charge in [0.2, 0.25) is 5.75 Å². The summed E-state index contributed by atoms with van der Waals surface area (Å²) in [5, 5.41) is 6.77. The molecule has 2 aliphatic rings. The summed E-state index contributed by atoms with van der Waals surface area (Å²) < 4.78 is 16.7. The van der Waals surface area contributed by atoms with Gasteiger partial charge in [-0.2, -0.15) is 0 Å². The number of para-hydroxylation sites is 1. The van der Waals surface area contributed by atoms with Crippen LogP contribution in [-0.4, -0.2) is 33.8 Å². The average molecular weight is 437 g/mol. The molecule has 3 atom stereocenters. The highest BCUT2D eigenvalue weighted by Gasteiger charge is 2.39. The molecule has 0 radical (unpaired) electrons. The topological polar surface area (TPSA) is 68.8 Å². The monoisotopic (exact) mass is 436 g/mol. The second-order valence-corrected chi connectivity index (χ2v) is 8.31. The quantitative estimate of drug-likeness (QED) is 0.447. The normalized spacial score (nSPS) is 20.7. The number of hydrogen-bond donors (Lipinski definition) is 2. The fraction of sp³-hybridized carbons (Fsp3) is 0.423. The molecule has 6 heteroatoms. The lowest BCUT2D eigenvalue weighted by atomic mass is 9.76. The first-order valence-corrected chi connectivity index (χ1v) is 11.3. The number of unbranched alkanes of at least 4 members (excludes halogenated alkanes) is 1. The van der Waals surface area contributed by atoms with E-state index >= 15 is 0 Å². The zero-order chi connectivity index (χ0) is 22.7. The molecule has 1 amide bonds. The van der Waals surface area contributed by atoms with Crippen LogP contribution in [0.2, 0.25) is 0 Å². The second-order valence-electron chi connectivity index (χ2n) is 8.31. The predicted octanol–water partition coefficient (Wildman–Crippen LogP) is 5.07. The molecule has 1 aliphatic carbocycles. The molecule has 0 spiro atoms. The van der Waals surface area contributed by atoms with E-state index in [1.165, 1.54) is 5.56 Å². The van der Waals surface area contributed by atoms with E-state index < -0.39 is 0 Å². The van der Waals surface area contributed by atoms with E-state index in [2.05, 4.69) is 35.8 Å². The van der Waals surface area contributed by atoms with E-state index in [-0.39, 0.29) is 17.9 Å². The van der Waals surface area contributed by atoms with Crippen molar-refractivity contribution in [3.05, 3.63) is 59.2 Å². The molecule has 1 aliphatic heterocycles. The van der Waals surface area contributed by atoms with Crippen LogP contribution >= 0.6 is 0 Å². The van der Waals surface area contributed by atoms with Gasteiger partial charge >= 0.3 is 0 Å². The molecule has 2 N–H and O–H groups in total. The number of carbonyl (C=O) groups excluding carboxylic acids is 1. The Kier molecular flexibility index (Phi) is 6.58. The van der Waals surface area contributed by atoms with E-state index in [1.807, 2.05) is 24.3 Å². The number of ether oxygens (including phenoxy) is 3. The number of amides is 1. The maximum Gasteiger partial charge on any atom is 0.253 e. The van der Waals surface area contributed by atoms with Crippen LogP contribution in [0.15, 0.2) is 42.5 Å². The van der Waals surface area contributed by atoms with E-state index in [9.17, 15) is 4.79 Å². The van der Waals surface area contributed by atoms with Gasteiger partial charge in [0.15, 0.2) is 11.5 Å². The fourth-order valence-corrected chi connectivity index (χ4v) is 4.90. The molecular formula is C26H32N2O4. The van der Waals surface area contributed by atoms with Crippen LogP contribution in [0.4, 0.5) is 5.69 Å². The number of hydrogen-bond acceptors (Lipinski definition) is 5. The summed E-state index contributed by atoms with van der Waals surface area (Å²) in [6.45, 7) is 2.80. The Labute approximate surface area is 189 Å². The van der Waals surface area contributed by atoms with Crippen LogP contribution < -0.4 is 24.8 Å². The summed E-state index contributed by atoms with van der Waals surface area (Å²) in [7, 11) is 4.86. The van der Waals surface area contributed by atoms with Crippen molar-refractivity contribution in [1.82, 2.24) is 5.32 Å². The molecule has 6 nitrogen and oxygen atoms in total. The van der Waals surface area contributed by atoms with Gasteiger partial charge in [-0.05, 0) is 48.1 Å². The third-order valence-electron chi connectivity index (χ3n) is 6.50. The number of fused-ring (bicyclic) bond motifs is 3. The van der Waals surface area contributed by atoms with E-state index in [0.717, 1.165) is 30.5 Å². The van der Waals surface area contributed by atoms with Gasteiger partial charge in [0.1, 0.15) is 0 Å². The summed E-state index contributed by atoms with van der Waals surface area (Å²) in [5.41, 5.74) is 3.82. The molecule has 3 unspecified atom stereocenters. The molecule has 1 heterocycles. The Hall–Kier alpha value is -3.15. The van der Waals surface area contributed by atoms with Crippen molar-refractivity contribution in [3.8, 4) is 17.2 Å². The van der Waals surface area contributed by atoms with Gasteiger partial charge < -0.3 is 24.8 Å². The molecule has 32 heavy (non-hydrogen) atoms. The first-order chi connectivity index (χ1) is 15.6. The van der Waals surface area contributed by atoms with Crippen molar-refractivity contribution in [3.63, 3.8) is 0 Å². The summed E-state index contributed by atoms with van der Waals surface area (Å²) >= 11 is 0. The maximum absolute atomic E-state index is 13.0. The number of rotatable bonds is 8. The number of benzene rings is 2. The zero-order valence-corrected chi connectivity index (χ0v) is 19.2. The molecule has 0 fully saturated rings. The van der Waals surface area contributed by atoms with E-state index in [4.69, 9.17) is 14.2 Å². The van der Waals surface area contributed by atoms with Crippen LogP contribution in [0.3, 0.4) is 0 Å². The lowest BCUT2D eigenvalue weighted by Crippen LogP contribution is -2.32. The summed E-state index contributed by atoms with van der Waals surface area (Å²) in [6, 6.07) is 10.0. The Morgan fingerprint density at radius 1 is 1.12 bits per heavy atom. The van der Waals surface area contributed by atoms with Crippen LogP contribution in [0.1, 0.15) is 59.6 Å². The third kappa shape index (κ3) is 3.90. The molecule has 170 valence electrons. The second kappa shape index (κ2) is 9.55. The standard InChI is InChI=1S/C26H32N2O4/c1-5-6-13-27-26(29)20-12-8-11-19-17-9-7-10-18(17)23(28-24(19)20)16-14-21(30-2)25(32-4)22(15-16)31-3/h7-9,11-12,14-15,17-18,23,28H,5-6,10,13H2,1-4H3,(H,27,29). The van der Waals surface area contributed by atoms with E-state index in [0.29, 0.717) is 35.3 Å². The Morgan fingerprint density at radius 2 is 1.88 bits per heavy atom. The van der Waals surface area contributed by atoms with Gasteiger partial charge in [-0.1, -0.05) is 37.6 Å². The molecule has 2 aromatic rings. The smallest absolute Gasteiger partial charge is 0.253 e. The average Bonchev–Trinajstić information content (AvgIpc) is 3.32. The lowest BCUT2D eigenvalue weighted by molar-refractivity contribution is 0.0953. The molecule has 0 saturated heterocycles. The number of methoxy groups -OCH3 is 3. The third-order valence-corrected chi connectivity index (χ3v) is 6.50. The summed E-state index contributed by atoms with van der Waals surface area (Å²) in [5.74, 6) is 2.38. The van der Waals surface area contributed by atoms with Crippen LogP contribution in [0, 0.1) is 5.92 Å². The lowest BCUT2D eigenvalue weighted by Gasteiger charge is -2.38. The molecule has 4 rings (SSSR count). The van der Waals surface area contributed by atoms with Crippen molar-refractivity contribution in [1.29, 1.82) is 0 Å². The summed E-state index contributed by atoms with van der Waals surface area (Å²) in [4.78, 5) is 13.0. The number of carbonyl (C=O) groups is 1. The van der Waals surface area contributed by atoms with Crippen molar-refractivity contribution < 1.29 is 19.0 Å². The molecule has 0 bridgehead atoms. The van der Waals surface area contributed by atoms with Gasteiger partial charge in [-0.25, -0.2) is 0 Å². The van der Waals surface area contributed by atoms with Crippen molar-refractivity contribution >= 4 is 11.6 Å². The molecule has 0 saturated carbocycles. The number of anilines is 1. The minimum Gasteiger partial charge on any atom is -0.493 e. The first-order valence-electron chi connectivity index (χ1n) is 11.3. The largest absolute Gasteiger partial charge is 0.493 e. The van der Waals surface area contributed by atoms with Gasteiger partial charge in [-0.3, -0.25) is 4.79 Å². The van der Waals surface area contributed by atoms with Crippen LogP contribution in [-0.2, 0) is 0 Å². The van der Waals surface area contributed by atoms with Crippen LogP contribution in [0.25, 0.3) is 0 Å².